The number of para-hydroxylation sites is 1. The first-order chi connectivity index (χ1) is 11.6. The Morgan fingerprint density at radius 2 is 2.04 bits per heavy atom. The van der Waals surface area contributed by atoms with E-state index in [-0.39, 0.29) is 5.92 Å². The van der Waals surface area contributed by atoms with Crippen LogP contribution in [0, 0.1) is 5.92 Å². The number of hydrogen-bond acceptors (Lipinski definition) is 5. The van der Waals surface area contributed by atoms with Crippen LogP contribution >= 0.6 is 0 Å². The smallest absolute Gasteiger partial charge is 0.252 e. The van der Waals surface area contributed by atoms with Crippen molar-refractivity contribution in [3.05, 3.63) is 30.6 Å². The van der Waals surface area contributed by atoms with Gasteiger partial charge in [0.15, 0.2) is 17.6 Å². The molecule has 4 rings (SSSR count). The van der Waals surface area contributed by atoms with Gasteiger partial charge in [-0.3, -0.25) is 4.79 Å². The van der Waals surface area contributed by atoms with E-state index in [1.54, 1.807) is 0 Å². The van der Waals surface area contributed by atoms with E-state index in [1.807, 2.05) is 24.3 Å². The highest BCUT2D eigenvalue weighted by Crippen LogP contribution is 2.34. The number of aromatic nitrogens is 2. The molecule has 0 bridgehead atoms. The Kier molecular flexibility index (Phi) is 3.55. The molecule has 7 heteroatoms. The maximum Gasteiger partial charge on any atom is 0.252 e. The summed E-state index contributed by atoms with van der Waals surface area (Å²) in [5, 5.41) is 0.948. The molecule has 2 N–H and O–H groups in total. The lowest BCUT2D eigenvalue weighted by molar-refractivity contribution is -0.124. The van der Waals surface area contributed by atoms with E-state index < -0.39 is 12.1 Å². The number of alkyl halides is 1. The van der Waals surface area contributed by atoms with Gasteiger partial charge >= 0.3 is 0 Å². The number of anilines is 1. The Morgan fingerprint density at radius 3 is 2.79 bits per heavy atom. The summed E-state index contributed by atoms with van der Waals surface area (Å²) in [6.45, 7) is 1.20. The summed E-state index contributed by atoms with van der Waals surface area (Å²) in [4.78, 5) is 21.8. The van der Waals surface area contributed by atoms with Crippen LogP contribution in [0.3, 0.4) is 0 Å². The number of amides is 1. The fraction of sp³-hybridized carbons (Fsp3) is 0.353. The predicted molar refractivity (Wildman–Crippen MR) is 88.3 cm³/mol. The van der Waals surface area contributed by atoms with Crippen LogP contribution in [0.5, 0.6) is 0 Å². The monoisotopic (exact) mass is 328 g/mol. The van der Waals surface area contributed by atoms with Gasteiger partial charge in [0.1, 0.15) is 17.4 Å². The summed E-state index contributed by atoms with van der Waals surface area (Å²) >= 11 is 0. The Bertz CT molecular complexity index is 902. The number of hydrogen-bond donors (Lipinski definition) is 1. The Balaban J connectivity index is 1.65. The zero-order valence-corrected chi connectivity index (χ0v) is 13.0. The topological polar surface area (TPSA) is 85.3 Å². The average molecular weight is 328 g/mol. The normalized spacial score (nSPS) is 17.5. The zero-order chi connectivity index (χ0) is 16.7. The number of primary amides is 1. The molecule has 1 atom stereocenters. The van der Waals surface area contributed by atoms with E-state index in [4.69, 9.17) is 10.2 Å². The molecule has 1 fully saturated rings. The van der Waals surface area contributed by atoms with Crippen molar-refractivity contribution in [3.8, 4) is 0 Å². The van der Waals surface area contributed by atoms with Crippen molar-refractivity contribution < 1.29 is 13.6 Å². The molecule has 2 aromatic heterocycles. The van der Waals surface area contributed by atoms with Crippen LogP contribution in [0.1, 0.15) is 12.8 Å². The molecule has 3 heterocycles. The third kappa shape index (κ3) is 2.36. The van der Waals surface area contributed by atoms with Crippen LogP contribution in [0.4, 0.5) is 10.2 Å². The number of nitrogens with two attached hydrogens (primary N) is 1. The van der Waals surface area contributed by atoms with Crippen LogP contribution in [-0.2, 0) is 4.79 Å². The zero-order valence-electron chi connectivity index (χ0n) is 13.0. The molecule has 0 radical (unpaired) electrons. The van der Waals surface area contributed by atoms with Crippen LogP contribution in [0.15, 0.2) is 35.0 Å². The van der Waals surface area contributed by atoms with Crippen LogP contribution < -0.4 is 10.6 Å². The third-order valence-corrected chi connectivity index (χ3v) is 4.66. The van der Waals surface area contributed by atoms with Gasteiger partial charge in [-0.05, 0) is 25.0 Å². The van der Waals surface area contributed by atoms with Crippen LogP contribution in [0.25, 0.3) is 22.1 Å². The molecule has 1 aliphatic rings. The lowest BCUT2D eigenvalue weighted by Crippen LogP contribution is -2.41. The third-order valence-electron chi connectivity index (χ3n) is 4.66. The van der Waals surface area contributed by atoms with E-state index >= 15 is 0 Å². The second-order valence-electron chi connectivity index (χ2n) is 6.10. The van der Waals surface area contributed by atoms with E-state index in [0.29, 0.717) is 37.3 Å². The molecular formula is C17H17FN4O2. The number of rotatable bonds is 3. The molecule has 1 aromatic carbocycles. The van der Waals surface area contributed by atoms with Crippen molar-refractivity contribution in [1.82, 2.24) is 9.97 Å². The second-order valence-corrected chi connectivity index (χ2v) is 6.10. The summed E-state index contributed by atoms with van der Waals surface area (Å²) in [7, 11) is 0. The van der Waals surface area contributed by atoms with Gasteiger partial charge in [0.2, 0.25) is 0 Å². The van der Waals surface area contributed by atoms with Crippen molar-refractivity contribution in [2.75, 3.05) is 18.0 Å². The maximum atomic E-state index is 13.8. The fourth-order valence-electron chi connectivity index (χ4n) is 3.37. The maximum absolute atomic E-state index is 13.8. The molecule has 1 unspecified atom stereocenters. The minimum Gasteiger partial charge on any atom is -0.450 e. The molecule has 1 aliphatic heterocycles. The largest absolute Gasteiger partial charge is 0.450 e. The standard InChI is InChI=1S/C17H17FN4O2/c18-13(16(19)23)10-5-7-22(8-6-10)17-15-14(20-9-21-17)11-3-1-2-4-12(11)24-15/h1-4,9-10,13H,5-8H2,(H2,19,23). The molecule has 124 valence electrons. The minimum absolute atomic E-state index is 0.327. The number of benzene rings is 1. The van der Waals surface area contributed by atoms with Crippen LogP contribution in [-0.4, -0.2) is 35.1 Å². The molecule has 24 heavy (non-hydrogen) atoms. The quantitative estimate of drug-likeness (QED) is 0.798. The first kappa shape index (κ1) is 14.9. The first-order valence-corrected chi connectivity index (χ1v) is 7.95. The number of halogens is 1. The highest BCUT2D eigenvalue weighted by Gasteiger charge is 2.31. The summed E-state index contributed by atoms with van der Waals surface area (Å²) in [6, 6.07) is 7.71. The number of carbonyl (C=O) groups is 1. The van der Waals surface area contributed by atoms with Crippen molar-refractivity contribution in [1.29, 1.82) is 0 Å². The van der Waals surface area contributed by atoms with Gasteiger partial charge in [-0.1, -0.05) is 12.1 Å². The summed E-state index contributed by atoms with van der Waals surface area (Å²) in [5.41, 5.74) is 7.25. The van der Waals surface area contributed by atoms with Gasteiger partial charge in [-0.15, -0.1) is 0 Å². The SMILES string of the molecule is NC(=O)C(F)C1CCN(c2ncnc3c2oc2ccccc23)CC1. The van der Waals surface area contributed by atoms with Gasteiger partial charge < -0.3 is 15.1 Å². The first-order valence-electron chi connectivity index (χ1n) is 7.95. The molecule has 0 saturated carbocycles. The number of fused-ring (bicyclic) bond motifs is 3. The summed E-state index contributed by atoms with van der Waals surface area (Å²) in [6.07, 6.45) is 1.04. The number of piperidine rings is 1. The van der Waals surface area contributed by atoms with Gasteiger partial charge in [0, 0.05) is 24.4 Å². The Morgan fingerprint density at radius 1 is 1.29 bits per heavy atom. The predicted octanol–water partition coefficient (Wildman–Crippen LogP) is 2.42. The van der Waals surface area contributed by atoms with Gasteiger partial charge in [-0.25, -0.2) is 14.4 Å². The second kappa shape index (κ2) is 5.74. The van der Waals surface area contributed by atoms with Crippen LogP contribution in [0.2, 0.25) is 0 Å². The summed E-state index contributed by atoms with van der Waals surface area (Å²) in [5.74, 6) is -0.494. The van der Waals surface area contributed by atoms with E-state index in [0.717, 1.165) is 16.5 Å². The van der Waals surface area contributed by atoms with Crippen molar-refractivity contribution in [2.45, 2.75) is 19.0 Å². The molecule has 1 amide bonds. The minimum atomic E-state index is -1.58. The van der Waals surface area contributed by atoms with Gasteiger partial charge in [-0.2, -0.15) is 0 Å². The molecular weight excluding hydrogens is 311 g/mol. The number of nitrogens with zero attached hydrogens (tertiary/aromatic N) is 3. The Hall–Kier alpha value is -2.70. The number of carbonyl (C=O) groups excluding carboxylic acids is 1. The lowest BCUT2D eigenvalue weighted by Gasteiger charge is -2.33. The van der Waals surface area contributed by atoms with Gasteiger partial charge in [0.25, 0.3) is 5.91 Å². The molecule has 0 spiro atoms. The van der Waals surface area contributed by atoms with E-state index in [9.17, 15) is 9.18 Å². The molecule has 1 saturated heterocycles. The van der Waals surface area contributed by atoms with Crippen molar-refractivity contribution in [3.63, 3.8) is 0 Å². The summed E-state index contributed by atoms with van der Waals surface area (Å²) < 4.78 is 19.7. The molecule has 0 aliphatic carbocycles. The Labute approximate surface area is 137 Å². The fourth-order valence-corrected chi connectivity index (χ4v) is 3.37. The lowest BCUT2D eigenvalue weighted by atomic mass is 9.92. The van der Waals surface area contributed by atoms with Crippen molar-refractivity contribution >= 4 is 33.8 Å². The highest BCUT2D eigenvalue weighted by atomic mass is 19.1. The van der Waals surface area contributed by atoms with E-state index in [1.165, 1.54) is 6.33 Å². The van der Waals surface area contributed by atoms with Crippen molar-refractivity contribution in [2.24, 2.45) is 11.7 Å². The average Bonchev–Trinajstić information content (AvgIpc) is 3.00. The highest BCUT2D eigenvalue weighted by molar-refractivity contribution is 6.05. The molecule has 3 aromatic rings. The molecule has 6 nitrogen and oxygen atoms in total. The number of furan rings is 1. The van der Waals surface area contributed by atoms with E-state index in [2.05, 4.69) is 14.9 Å². The van der Waals surface area contributed by atoms with Gasteiger partial charge in [0.05, 0.1) is 0 Å².